The molecule has 3 unspecified atom stereocenters. The molecule has 1 aliphatic rings. The maximum Gasteiger partial charge on any atom is 0.0596 e. The molecule has 3 atom stereocenters. The number of methoxy groups -OCH3 is 1. The quantitative estimate of drug-likeness (QED) is 0.708. The summed E-state index contributed by atoms with van der Waals surface area (Å²) in [5.74, 6) is 0.830. The maximum atomic E-state index is 6.50. The summed E-state index contributed by atoms with van der Waals surface area (Å²) in [6, 6.07) is 3.25. The molecule has 1 aromatic heterocycles. The Morgan fingerprint density at radius 3 is 2.71 bits per heavy atom. The largest absolute Gasteiger partial charge is 0.383 e. The second kappa shape index (κ2) is 8.06. The van der Waals surface area contributed by atoms with Gasteiger partial charge in [0.05, 0.1) is 12.6 Å². The van der Waals surface area contributed by atoms with Gasteiger partial charge in [0, 0.05) is 40.5 Å². The van der Waals surface area contributed by atoms with Crippen LogP contribution in [0.1, 0.15) is 44.0 Å². The van der Waals surface area contributed by atoms with Gasteiger partial charge in [0.15, 0.2) is 0 Å². The fourth-order valence-corrected chi connectivity index (χ4v) is 4.61. The van der Waals surface area contributed by atoms with Crippen molar-refractivity contribution in [3.8, 4) is 0 Å². The average molecular weight is 375 g/mol. The van der Waals surface area contributed by atoms with Crippen molar-refractivity contribution in [2.24, 2.45) is 11.7 Å². The van der Waals surface area contributed by atoms with Crippen LogP contribution in [-0.4, -0.2) is 37.2 Å². The molecular weight excluding hydrogens is 348 g/mol. The molecule has 2 rings (SSSR count). The van der Waals surface area contributed by atoms with Crippen LogP contribution in [0, 0.1) is 5.92 Å². The minimum absolute atomic E-state index is 0.161. The van der Waals surface area contributed by atoms with E-state index in [0.29, 0.717) is 6.04 Å². The lowest BCUT2D eigenvalue weighted by Crippen LogP contribution is -2.47. The molecule has 5 heteroatoms. The number of nitrogens with two attached hydrogens (primary N) is 1. The molecule has 21 heavy (non-hydrogen) atoms. The summed E-state index contributed by atoms with van der Waals surface area (Å²) < 4.78 is 6.49. The first-order chi connectivity index (χ1) is 10.1. The van der Waals surface area contributed by atoms with Gasteiger partial charge in [-0.05, 0) is 54.1 Å². The highest BCUT2D eigenvalue weighted by Gasteiger charge is 2.37. The van der Waals surface area contributed by atoms with Crippen molar-refractivity contribution >= 4 is 27.3 Å². The molecule has 0 aromatic carbocycles. The molecule has 0 radical (unpaired) electrons. The SMILES string of the molecule is CCC(N)C(c1cc(Br)cs1)N(CCOC)C(C)C1CC1. The van der Waals surface area contributed by atoms with Crippen LogP contribution in [0.3, 0.4) is 0 Å². The highest BCUT2D eigenvalue weighted by molar-refractivity contribution is 9.10. The lowest BCUT2D eigenvalue weighted by molar-refractivity contribution is 0.0703. The van der Waals surface area contributed by atoms with Crippen LogP contribution in [0.4, 0.5) is 0 Å². The van der Waals surface area contributed by atoms with Crippen LogP contribution in [-0.2, 0) is 4.74 Å². The van der Waals surface area contributed by atoms with Gasteiger partial charge < -0.3 is 10.5 Å². The number of hydrogen-bond donors (Lipinski definition) is 1. The van der Waals surface area contributed by atoms with E-state index in [1.54, 1.807) is 18.4 Å². The minimum atomic E-state index is 0.161. The number of nitrogens with zero attached hydrogens (tertiary/aromatic N) is 1. The minimum Gasteiger partial charge on any atom is -0.383 e. The third-order valence-electron chi connectivity index (χ3n) is 4.49. The maximum absolute atomic E-state index is 6.50. The predicted octanol–water partition coefficient (Wildman–Crippen LogP) is 4.04. The van der Waals surface area contributed by atoms with Gasteiger partial charge in [-0.2, -0.15) is 0 Å². The molecular formula is C16H27BrN2OS. The van der Waals surface area contributed by atoms with E-state index >= 15 is 0 Å². The van der Waals surface area contributed by atoms with Crippen LogP contribution in [0.2, 0.25) is 0 Å². The highest BCUT2D eigenvalue weighted by Crippen LogP contribution is 2.40. The van der Waals surface area contributed by atoms with Crippen LogP contribution in [0.15, 0.2) is 15.9 Å². The summed E-state index contributed by atoms with van der Waals surface area (Å²) in [7, 11) is 1.77. The molecule has 1 aromatic rings. The zero-order valence-electron chi connectivity index (χ0n) is 13.2. The van der Waals surface area contributed by atoms with E-state index in [1.807, 2.05) is 0 Å². The highest BCUT2D eigenvalue weighted by atomic mass is 79.9. The van der Waals surface area contributed by atoms with Gasteiger partial charge in [-0.25, -0.2) is 0 Å². The topological polar surface area (TPSA) is 38.5 Å². The fourth-order valence-electron chi connectivity index (χ4n) is 2.97. The number of halogens is 1. The molecule has 1 fully saturated rings. The van der Waals surface area contributed by atoms with E-state index in [4.69, 9.17) is 10.5 Å². The van der Waals surface area contributed by atoms with Gasteiger partial charge in [0.2, 0.25) is 0 Å². The molecule has 0 aliphatic heterocycles. The van der Waals surface area contributed by atoms with Crippen molar-refractivity contribution in [3.05, 3.63) is 20.8 Å². The Hall–Kier alpha value is 0.0600. The van der Waals surface area contributed by atoms with Gasteiger partial charge in [0.25, 0.3) is 0 Å². The van der Waals surface area contributed by atoms with E-state index in [-0.39, 0.29) is 12.1 Å². The third kappa shape index (κ3) is 4.52. The number of rotatable bonds is 9. The molecule has 0 saturated heterocycles. The molecule has 0 spiro atoms. The van der Waals surface area contributed by atoms with Crippen molar-refractivity contribution in [2.75, 3.05) is 20.3 Å². The van der Waals surface area contributed by atoms with Gasteiger partial charge in [-0.1, -0.05) is 6.92 Å². The molecule has 1 heterocycles. The number of ether oxygens (including phenoxy) is 1. The Morgan fingerprint density at radius 1 is 1.52 bits per heavy atom. The molecule has 2 N–H and O–H groups in total. The van der Waals surface area contributed by atoms with E-state index in [9.17, 15) is 0 Å². The summed E-state index contributed by atoms with van der Waals surface area (Å²) in [6.07, 6.45) is 3.70. The van der Waals surface area contributed by atoms with E-state index in [0.717, 1.165) is 30.0 Å². The first-order valence-corrected chi connectivity index (χ1v) is 9.49. The Labute approximate surface area is 141 Å². The smallest absolute Gasteiger partial charge is 0.0596 e. The number of thiophene rings is 1. The Balaban J connectivity index is 2.24. The van der Waals surface area contributed by atoms with E-state index < -0.39 is 0 Å². The Bertz CT molecular complexity index is 436. The fraction of sp³-hybridized carbons (Fsp3) is 0.750. The zero-order chi connectivity index (χ0) is 15.4. The first-order valence-electron chi connectivity index (χ1n) is 7.82. The Kier molecular flexibility index (Phi) is 6.69. The monoisotopic (exact) mass is 374 g/mol. The van der Waals surface area contributed by atoms with Crippen LogP contribution in [0.5, 0.6) is 0 Å². The van der Waals surface area contributed by atoms with E-state index in [1.165, 1.54) is 17.7 Å². The summed E-state index contributed by atoms with van der Waals surface area (Å²) in [5.41, 5.74) is 6.50. The van der Waals surface area contributed by atoms with Crippen LogP contribution >= 0.6 is 27.3 Å². The molecule has 0 bridgehead atoms. The van der Waals surface area contributed by atoms with Crippen molar-refractivity contribution in [1.82, 2.24) is 4.90 Å². The number of hydrogen-bond acceptors (Lipinski definition) is 4. The van der Waals surface area contributed by atoms with Crippen molar-refractivity contribution in [3.63, 3.8) is 0 Å². The van der Waals surface area contributed by atoms with Gasteiger partial charge >= 0.3 is 0 Å². The lowest BCUT2D eigenvalue weighted by atomic mass is 9.99. The predicted molar refractivity (Wildman–Crippen MR) is 93.8 cm³/mol. The van der Waals surface area contributed by atoms with Gasteiger partial charge in [-0.15, -0.1) is 11.3 Å². The van der Waals surface area contributed by atoms with Crippen LogP contribution in [0.25, 0.3) is 0 Å². The normalized spacial score (nSPS) is 19.7. The van der Waals surface area contributed by atoms with Gasteiger partial charge in [-0.3, -0.25) is 4.90 Å². The third-order valence-corrected chi connectivity index (χ3v) is 6.26. The van der Waals surface area contributed by atoms with Crippen molar-refractivity contribution < 1.29 is 4.74 Å². The Morgan fingerprint density at radius 2 is 2.24 bits per heavy atom. The molecule has 1 aliphatic carbocycles. The molecule has 120 valence electrons. The standard InChI is InChI=1S/C16H27BrN2OS/c1-4-14(18)16(15-9-13(17)10-21-15)19(7-8-20-3)11(2)12-5-6-12/h9-12,14,16H,4-8,18H2,1-3H3. The van der Waals surface area contributed by atoms with Crippen molar-refractivity contribution in [2.45, 2.75) is 51.2 Å². The zero-order valence-corrected chi connectivity index (χ0v) is 15.6. The van der Waals surface area contributed by atoms with Crippen molar-refractivity contribution in [1.29, 1.82) is 0 Å². The lowest BCUT2D eigenvalue weighted by Gasteiger charge is -2.39. The van der Waals surface area contributed by atoms with Gasteiger partial charge in [0.1, 0.15) is 0 Å². The second-order valence-corrected chi connectivity index (χ2v) is 7.85. The second-order valence-electron chi connectivity index (χ2n) is 5.99. The molecule has 3 nitrogen and oxygen atoms in total. The average Bonchev–Trinajstić information content (AvgIpc) is 3.24. The summed E-state index contributed by atoms with van der Waals surface area (Å²) >= 11 is 5.38. The van der Waals surface area contributed by atoms with Crippen LogP contribution < -0.4 is 5.73 Å². The molecule has 1 saturated carbocycles. The van der Waals surface area contributed by atoms with E-state index in [2.05, 4.69) is 46.1 Å². The molecule has 0 amide bonds. The summed E-state index contributed by atoms with van der Waals surface area (Å²) in [4.78, 5) is 3.94. The summed E-state index contributed by atoms with van der Waals surface area (Å²) in [5, 5.41) is 2.15. The first kappa shape index (κ1) is 17.4. The summed E-state index contributed by atoms with van der Waals surface area (Å²) in [6.45, 7) is 6.24.